The van der Waals surface area contributed by atoms with Gasteiger partial charge in [-0.3, -0.25) is 4.79 Å². The second-order valence-corrected chi connectivity index (χ2v) is 6.21. The highest BCUT2D eigenvalue weighted by Crippen LogP contribution is 2.47. The van der Waals surface area contributed by atoms with E-state index in [1.165, 1.54) is 6.07 Å². The normalized spacial score (nSPS) is 31.8. The highest BCUT2D eigenvalue weighted by Gasteiger charge is 2.44. The van der Waals surface area contributed by atoms with Crippen LogP contribution in [0.5, 0.6) is 0 Å². The molecule has 3 nitrogen and oxygen atoms in total. The van der Waals surface area contributed by atoms with Crippen molar-refractivity contribution in [1.82, 2.24) is 10.6 Å². The molecule has 5 heteroatoms. The van der Waals surface area contributed by atoms with Gasteiger partial charge in [0.1, 0.15) is 0 Å². The molecule has 3 rings (SSSR count). The minimum atomic E-state index is -0.843. The minimum absolute atomic E-state index is 0.0271. The Morgan fingerprint density at radius 3 is 2.81 bits per heavy atom. The van der Waals surface area contributed by atoms with E-state index < -0.39 is 11.6 Å². The predicted octanol–water partition coefficient (Wildman–Crippen LogP) is 2.32. The van der Waals surface area contributed by atoms with Gasteiger partial charge in [-0.25, -0.2) is 8.78 Å². The van der Waals surface area contributed by atoms with Crippen molar-refractivity contribution in [3.05, 3.63) is 35.4 Å². The highest BCUT2D eigenvalue weighted by molar-refractivity contribution is 5.83. The molecule has 1 amide bonds. The van der Waals surface area contributed by atoms with E-state index >= 15 is 0 Å². The van der Waals surface area contributed by atoms with Gasteiger partial charge in [-0.1, -0.05) is 6.07 Å². The number of carbonyl (C=O) groups is 1. The standard InChI is InChI=1S/C16H20F2N2O/c1-9-6-11(4-5-19-9)20-16(21)13-8-12(13)10-2-3-14(17)15(18)7-10/h2-3,7,9,11-13,19H,4-6,8H2,1H3,(H,20,21). The molecular formula is C16H20F2N2O. The zero-order valence-corrected chi connectivity index (χ0v) is 12.0. The summed E-state index contributed by atoms with van der Waals surface area (Å²) in [6.07, 6.45) is 2.60. The van der Waals surface area contributed by atoms with Crippen molar-refractivity contribution in [3.63, 3.8) is 0 Å². The van der Waals surface area contributed by atoms with Crippen LogP contribution in [0.15, 0.2) is 18.2 Å². The average molecular weight is 294 g/mol. The topological polar surface area (TPSA) is 41.1 Å². The molecular weight excluding hydrogens is 274 g/mol. The molecule has 0 bridgehead atoms. The fourth-order valence-electron chi connectivity index (χ4n) is 3.17. The maximum absolute atomic E-state index is 13.2. The summed E-state index contributed by atoms with van der Waals surface area (Å²) < 4.78 is 26.2. The molecule has 1 saturated carbocycles. The van der Waals surface area contributed by atoms with Crippen LogP contribution in [0.3, 0.4) is 0 Å². The van der Waals surface area contributed by atoms with Crippen LogP contribution in [0, 0.1) is 17.6 Å². The van der Waals surface area contributed by atoms with E-state index in [2.05, 4.69) is 17.6 Å². The van der Waals surface area contributed by atoms with Crippen LogP contribution in [0.1, 0.15) is 37.7 Å². The van der Waals surface area contributed by atoms with E-state index in [9.17, 15) is 13.6 Å². The maximum atomic E-state index is 13.2. The first-order valence-corrected chi connectivity index (χ1v) is 7.53. The third-order valence-corrected chi connectivity index (χ3v) is 4.47. The summed E-state index contributed by atoms with van der Waals surface area (Å²) in [4.78, 5) is 12.2. The van der Waals surface area contributed by atoms with Gasteiger partial charge >= 0.3 is 0 Å². The van der Waals surface area contributed by atoms with Crippen LogP contribution in [-0.4, -0.2) is 24.5 Å². The van der Waals surface area contributed by atoms with Gasteiger partial charge in [0.05, 0.1) is 0 Å². The molecule has 1 aliphatic carbocycles. The number of hydrogen-bond acceptors (Lipinski definition) is 2. The largest absolute Gasteiger partial charge is 0.353 e. The first kappa shape index (κ1) is 14.4. The summed E-state index contributed by atoms with van der Waals surface area (Å²) >= 11 is 0. The molecule has 1 aromatic carbocycles. The van der Waals surface area contributed by atoms with Crippen molar-refractivity contribution in [2.45, 2.75) is 44.2 Å². The Morgan fingerprint density at radius 2 is 2.10 bits per heavy atom. The summed E-state index contributed by atoms with van der Waals surface area (Å²) in [5.41, 5.74) is 0.715. The zero-order chi connectivity index (χ0) is 15.0. The molecule has 0 aromatic heterocycles. The molecule has 1 heterocycles. The van der Waals surface area contributed by atoms with Crippen molar-refractivity contribution in [2.24, 2.45) is 5.92 Å². The van der Waals surface area contributed by atoms with Crippen molar-refractivity contribution >= 4 is 5.91 Å². The molecule has 0 spiro atoms. The lowest BCUT2D eigenvalue weighted by molar-refractivity contribution is -0.123. The number of hydrogen-bond donors (Lipinski definition) is 2. The number of nitrogens with one attached hydrogen (secondary N) is 2. The molecule has 4 atom stereocenters. The maximum Gasteiger partial charge on any atom is 0.223 e. The van der Waals surface area contributed by atoms with Crippen molar-refractivity contribution in [3.8, 4) is 0 Å². The number of halogens is 2. The quantitative estimate of drug-likeness (QED) is 0.898. The van der Waals surface area contributed by atoms with Gasteiger partial charge in [-0.15, -0.1) is 0 Å². The molecule has 114 valence electrons. The molecule has 2 fully saturated rings. The summed E-state index contributed by atoms with van der Waals surface area (Å²) in [6.45, 7) is 3.03. The van der Waals surface area contributed by atoms with E-state index in [1.807, 2.05) is 0 Å². The lowest BCUT2D eigenvalue weighted by Crippen LogP contribution is -2.47. The van der Waals surface area contributed by atoms with Gasteiger partial charge in [0.25, 0.3) is 0 Å². The van der Waals surface area contributed by atoms with Gasteiger partial charge in [-0.2, -0.15) is 0 Å². The Morgan fingerprint density at radius 1 is 1.29 bits per heavy atom. The summed E-state index contributed by atoms with van der Waals surface area (Å²) in [6, 6.07) is 4.56. The fourth-order valence-corrected chi connectivity index (χ4v) is 3.17. The summed E-state index contributed by atoms with van der Waals surface area (Å²) in [7, 11) is 0. The van der Waals surface area contributed by atoms with Crippen molar-refractivity contribution in [2.75, 3.05) is 6.54 Å². The Balaban J connectivity index is 1.56. The minimum Gasteiger partial charge on any atom is -0.353 e. The molecule has 2 N–H and O–H groups in total. The average Bonchev–Trinajstić information content (AvgIpc) is 3.22. The number of rotatable bonds is 3. The molecule has 1 saturated heterocycles. The SMILES string of the molecule is CC1CC(NC(=O)C2CC2c2ccc(F)c(F)c2)CCN1. The van der Waals surface area contributed by atoms with Gasteiger partial charge in [0.2, 0.25) is 5.91 Å². The van der Waals surface area contributed by atoms with E-state index in [4.69, 9.17) is 0 Å². The fraction of sp³-hybridized carbons (Fsp3) is 0.562. The van der Waals surface area contributed by atoms with E-state index in [1.54, 1.807) is 6.07 Å². The second-order valence-electron chi connectivity index (χ2n) is 6.21. The van der Waals surface area contributed by atoms with Crippen LogP contribution < -0.4 is 10.6 Å². The number of carbonyl (C=O) groups excluding carboxylic acids is 1. The lowest BCUT2D eigenvalue weighted by atomic mass is 10.0. The van der Waals surface area contributed by atoms with E-state index in [0.717, 1.165) is 31.9 Å². The van der Waals surface area contributed by atoms with Gasteiger partial charge in [0, 0.05) is 18.0 Å². The summed E-state index contributed by atoms with van der Waals surface area (Å²) in [5.74, 6) is -1.71. The molecule has 2 aliphatic rings. The number of piperidine rings is 1. The predicted molar refractivity (Wildman–Crippen MR) is 75.8 cm³/mol. The van der Waals surface area contributed by atoms with Crippen LogP contribution in [0.2, 0.25) is 0 Å². The van der Waals surface area contributed by atoms with Crippen molar-refractivity contribution in [1.29, 1.82) is 0 Å². The monoisotopic (exact) mass is 294 g/mol. The zero-order valence-electron chi connectivity index (χ0n) is 12.0. The van der Waals surface area contributed by atoms with Crippen LogP contribution in [0.25, 0.3) is 0 Å². The molecule has 1 aliphatic heterocycles. The Hall–Kier alpha value is -1.49. The smallest absolute Gasteiger partial charge is 0.223 e. The van der Waals surface area contributed by atoms with E-state index in [0.29, 0.717) is 11.6 Å². The van der Waals surface area contributed by atoms with Crippen LogP contribution in [0.4, 0.5) is 8.78 Å². The van der Waals surface area contributed by atoms with Gasteiger partial charge in [0.15, 0.2) is 11.6 Å². The third kappa shape index (κ3) is 3.23. The Kier molecular flexibility index (Phi) is 3.93. The molecule has 4 unspecified atom stereocenters. The number of benzene rings is 1. The van der Waals surface area contributed by atoms with Gasteiger partial charge in [-0.05, 0) is 56.3 Å². The molecule has 1 aromatic rings. The first-order chi connectivity index (χ1) is 10.0. The van der Waals surface area contributed by atoms with Gasteiger partial charge < -0.3 is 10.6 Å². The molecule has 21 heavy (non-hydrogen) atoms. The first-order valence-electron chi connectivity index (χ1n) is 7.53. The third-order valence-electron chi connectivity index (χ3n) is 4.47. The van der Waals surface area contributed by atoms with Crippen molar-refractivity contribution < 1.29 is 13.6 Å². The number of amides is 1. The summed E-state index contributed by atoms with van der Waals surface area (Å²) in [5, 5.41) is 6.44. The second kappa shape index (κ2) is 5.72. The molecule has 0 radical (unpaired) electrons. The van der Waals surface area contributed by atoms with E-state index in [-0.39, 0.29) is 23.8 Å². The Labute approximate surface area is 123 Å². The Bertz CT molecular complexity index is 549. The van der Waals surface area contributed by atoms with Crippen LogP contribution >= 0.6 is 0 Å². The van der Waals surface area contributed by atoms with Crippen LogP contribution in [-0.2, 0) is 4.79 Å². The lowest BCUT2D eigenvalue weighted by Gasteiger charge is -2.28. The highest BCUT2D eigenvalue weighted by atomic mass is 19.2.